The number of nitrogens with zero attached hydrogens (tertiary/aromatic N) is 2. The third-order valence-electron chi connectivity index (χ3n) is 3.78. The summed E-state index contributed by atoms with van der Waals surface area (Å²) < 4.78 is 5.76. The number of amides is 1. The molecule has 1 amide bonds. The second-order valence-corrected chi connectivity index (χ2v) is 6.58. The highest BCUT2D eigenvalue weighted by Crippen LogP contribution is 2.11. The zero-order valence-electron chi connectivity index (χ0n) is 13.2. The van der Waals surface area contributed by atoms with Gasteiger partial charge in [0.2, 0.25) is 0 Å². The predicted molar refractivity (Wildman–Crippen MR) is 90.6 cm³/mol. The smallest absolute Gasteiger partial charge is 0.280 e. The highest BCUT2D eigenvalue weighted by atomic mass is 32.1. The quantitative estimate of drug-likeness (QED) is 0.911. The Morgan fingerprint density at radius 2 is 2.26 bits per heavy atom. The minimum Gasteiger partial charge on any atom is -0.374 e. The summed E-state index contributed by atoms with van der Waals surface area (Å²) in [6.45, 7) is 5.77. The Labute approximate surface area is 140 Å². The summed E-state index contributed by atoms with van der Waals surface area (Å²) >= 11 is 1.37. The van der Waals surface area contributed by atoms with Gasteiger partial charge in [0.1, 0.15) is 0 Å². The number of aryl methyl sites for hydroxylation is 1. The van der Waals surface area contributed by atoms with Crippen LogP contribution in [-0.2, 0) is 11.3 Å². The van der Waals surface area contributed by atoms with E-state index < -0.39 is 0 Å². The number of ether oxygens (including phenoxy) is 1. The second-order valence-electron chi connectivity index (χ2n) is 5.72. The maximum Gasteiger partial charge on any atom is 0.280 e. The monoisotopic (exact) mass is 331 g/mol. The van der Waals surface area contributed by atoms with Crippen molar-refractivity contribution < 1.29 is 9.53 Å². The van der Waals surface area contributed by atoms with E-state index in [1.807, 2.05) is 18.4 Å². The van der Waals surface area contributed by atoms with Crippen LogP contribution in [0, 0.1) is 6.92 Å². The molecule has 3 rings (SSSR count). The Balaban J connectivity index is 1.48. The largest absolute Gasteiger partial charge is 0.374 e. The van der Waals surface area contributed by atoms with Crippen molar-refractivity contribution >= 4 is 17.2 Å². The van der Waals surface area contributed by atoms with E-state index in [2.05, 4.69) is 39.5 Å². The summed E-state index contributed by atoms with van der Waals surface area (Å²) in [6, 6.07) is 10.4. The van der Waals surface area contributed by atoms with Crippen LogP contribution in [-0.4, -0.2) is 48.1 Å². The normalized spacial score (nSPS) is 18.7. The number of hydrogen-bond acceptors (Lipinski definition) is 5. The molecular weight excluding hydrogens is 310 g/mol. The van der Waals surface area contributed by atoms with E-state index in [9.17, 15) is 4.79 Å². The van der Waals surface area contributed by atoms with Crippen LogP contribution in [0.4, 0.5) is 0 Å². The summed E-state index contributed by atoms with van der Waals surface area (Å²) in [5.41, 5.74) is 2.18. The first-order chi connectivity index (χ1) is 11.2. The number of rotatable bonds is 5. The van der Waals surface area contributed by atoms with Gasteiger partial charge in [0.25, 0.3) is 5.91 Å². The third-order valence-corrected chi connectivity index (χ3v) is 4.73. The van der Waals surface area contributed by atoms with Gasteiger partial charge in [0.15, 0.2) is 5.01 Å². The van der Waals surface area contributed by atoms with E-state index in [1.165, 1.54) is 16.9 Å². The maximum absolute atomic E-state index is 12.0. The highest BCUT2D eigenvalue weighted by molar-refractivity contribution is 7.11. The lowest BCUT2D eigenvalue weighted by Crippen LogP contribution is -2.47. The van der Waals surface area contributed by atoms with Gasteiger partial charge in [-0.2, -0.15) is 0 Å². The van der Waals surface area contributed by atoms with Crippen molar-refractivity contribution in [2.75, 3.05) is 26.2 Å². The molecule has 2 aromatic rings. The minimum absolute atomic E-state index is 0.0254. The average Bonchev–Trinajstić information content (AvgIpc) is 3.01. The molecule has 1 N–H and O–H groups in total. The molecule has 5 nitrogen and oxygen atoms in total. The molecule has 1 aliphatic heterocycles. The van der Waals surface area contributed by atoms with Crippen LogP contribution >= 0.6 is 11.3 Å². The van der Waals surface area contributed by atoms with Crippen molar-refractivity contribution in [1.29, 1.82) is 0 Å². The summed E-state index contributed by atoms with van der Waals surface area (Å²) in [7, 11) is 0. The summed E-state index contributed by atoms with van der Waals surface area (Å²) in [4.78, 5) is 18.6. The van der Waals surface area contributed by atoms with Crippen molar-refractivity contribution in [3.63, 3.8) is 0 Å². The molecule has 1 aromatic heterocycles. The van der Waals surface area contributed by atoms with Gasteiger partial charge in [-0.1, -0.05) is 30.3 Å². The number of aromatic nitrogens is 1. The van der Waals surface area contributed by atoms with Crippen LogP contribution in [0.1, 0.15) is 21.1 Å². The molecule has 0 saturated carbocycles. The first-order valence-electron chi connectivity index (χ1n) is 7.79. The predicted octanol–water partition coefficient (Wildman–Crippen LogP) is 2.08. The lowest BCUT2D eigenvalue weighted by atomic mass is 10.2. The lowest BCUT2D eigenvalue weighted by Gasteiger charge is -2.33. The van der Waals surface area contributed by atoms with Crippen LogP contribution in [0.15, 0.2) is 35.7 Å². The van der Waals surface area contributed by atoms with Crippen molar-refractivity contribution in [2.45, 2.75) is 19.6 Å². The zero-order valence-corrected chi connectivity index (χ0v) is 14.0. The van der Waals surface area contributed by atoms with Crippen LogP contribution in [0.5, 0.6) is 0 Å². The fraction of sp³-hybridized carbons (Fsp3) is 0.412. The molecule has 0 bridgehead atoms. The molecule has 2 heterocycles. The van der Waals surface area contributed by atoms with Gasteiger partial charge in [-0.15, -0.1) is 11.3 Å². The number of benzene rings is 1. The van der Waals surface area contributed by atoms with Gasteiger partial charge in [-0.25, -0.2) is 4.98 Å². The Kier molecular flexibility index (Phi) is 5.38. The molecule has 0 radical (unpaired) electrons. The van der Waals surface area contributed by atoms with Gasteiger partial charge in [-0.05, 0) is 12.5 Å². The van der Waals surface area contributed by atoms with Crippen LogP contribution in [0.3, 0.4) is 0 Å². The Morgan fingerprint density at radius 1 is 1.43 bits per heavy atom. The zero-order chi connectivity index (χ0) is 16.1. The van der Waals surface area contributed by atoms with Crippen molar-refractivity contribution in [2.24, 2.45) is 0 Å². The SMILES string of the molecule is Cc1csc(C(=O)NC[C@@H]2CN(Cc3ccccc3)CCO2)n1. The number of hydrogen-bond donors (Lipinski definition) is 1. The Morgan fingerprint density at radius 3 is 3.00 bits per heavy atom. The number of carbonyl (C=O) groups excluding carboxylic acids is 1. The third kappa shape index (κ3) is 4.60. The summed E-state index contributed by atoms with van der Waals surface area (Å²) in [5.74, 6) is -0.119. The molecule has 122 valence electrons. The van der Waals surface area contributed by atoms with Crippen LogP contribution < -0.4 is 5.32 Å². The van der Waals surface area contributed by atoms with E-state index in [-0.39, 0.29) is 12.0 Å². The van der Waals surface area contributed by atoms with Gasteiger partial charge < -0.3 is 10.1 Å². The van der Waals surface area contributed by atoms with Crippen molar-refractivity contribution in [1.82, 2.24) is 15.2 Å². The molecule has 1 aromatic carbocycles. The van der Waals surface area contributed by atoms with E-state index >= 15 is 0 Å². The minimum atomic E-state index is -0.119. The summed E-state index contributed by atoms with van der Waals surface area (Å²) in [6.07, 6.45) is 0.0254. The summed E-state index contributed by atoms with van der Waals surface area (Å²) in [5, 5.41) is 5.32. The van der Waals surface area contributed by atoms with Gasteiger partial charge in [0, 0.05) is 37.3 Å². The first-order valence-corrected chi connectivity index (χ1v) is 8.67. The molecule has 1 aliphatic rings. The molecule has 0 unspecified atom stereocenters. The molecule has 1 saturated heterocycles. The van der Waals surface area contributed by atoms with Crippen LogP contribution in [0.2, 0.25) is 0 Å². The molecule has 23 heavy (non-hydrogen) atoms. The van der Waals surface area contributed by atoms with Gasteiger partial charge in [-0.3, -0.25) is 9.69 Å². The average molecular weight is 331 g/mol. The first kappa shape index (κ1) is 16.1. The number of carbonyl (C=O) groups is 1. The van der Waals surface area contributed by atoms with E-state index in [0.717, 1.165) is 25.3 Å². The number of morpholine rings is 1. The second kappa shape index (κ2) is 7.68. The lowest BCUT2D eigenvalue weighted by molar-refractivity contribution is -0.0292. The standard InChI is InChI=1S/C17H21N3O2S/c1-13-12-23-17(19-13)16(21)18-9-15-11-20(7-8-22-15)10-14-5-3-2-4-6-14/h2-6,12,15H,7-11H2,1H3,(H,18,21)/t15-/m1/s1. The fourth-order valence-corrected chi connectivity index (χ4v) is 3.34. The molecule has 1 fully saturated rings. The number of thiazole rings is 1. The molecular formula is C17H21N3O2S. The molecule has 1 atom stereocenters. The molecule has 6 heteroatoms. The fourth-order valence-electron chi connectivity index (χ4n) is 2.63. The van der Waals surface area contributed by atoms with E-state index in [4.69, 9.17) is 4.74 Å². The van der Waals surface area contributed by atoms with Gasteiger partial charge >= 0.3 is 0 Å². The van der Waals surface area contributed by atoms with E-state index in [0.29, 0.717) is 18.2 Å². The Hall–Kier alpha value is -1.76. The van der Waals surface area contributed by atoms with Crippen LogP contribution in [0.25, 0.3) is 0 Å². The van der Waals surface area contributed by atoms with Crippen molar-refractivity contribution in [3.8, 4) is 0 Å². The highest BCUT2D eigenvalue weighted by Gasteiger charge is 2.21. The van der Waals surface area contributed by atoms with Crippen molar-refractivity contribution in [3.05, 3.63) is 52.0 Å². The number of nitrogens with one attached hydrogen (secondary N) is 1. The molecule has 0 spiro atoms. The maximum atomic E-state index is 12.0. The van der Waals surface area contributed by atoms with Gasteiger partial charge in [0.05, 0.1) is 12.7 Å². The molecule has 0 aliphatic carbocycles. The van der Waals surface area contributed by atoms with E-state index in [1.54, 1.807) is 0 Å². The Bertz CT molecular complexity index is 644. The topological polar surface area (TPSA) is 54.5 Å².